The smallest absolute Gasteiger partial charge is 0.259 e. The number of nitrogens with one attached hydrogen (secondary N) is 2. The fourth-order valence-electron chi connectivity index (χ4n) is 1.91. The molecule has 2 aromatic rings. The highest BCUT2D eigenvalue weighted by Gasteiger charge is 2.16. The molecular formula is C14H17N3O3. The summed E-state index contributed by atoms with van der Waals surface area (Å²) < 4.78 is 10.3. The van der Waals surface area contributed by atoms with E-state index in [1.165, 1.54) is 7.11 Å². The number of anilines is 1. The fourth-order valence-corrected chi connectivity index (χ4v) is 1.91. The zero-order valence-corrected chi connectivity index (χ0v) is 11.9. The zero-order valence-electron chi connectivity index (χ0n) is 11.9. The molecule has 0 aliphatic carbocycles. The molecule has 6 heteroatoms. The summed E-state index contributed by atoms with van der Waals surface area (Å²) in [7, 11) is 3.07. The number of methoxy groups -OCH3 is 2. The van der Waals surface area contributed by atoms with E-state index in [-0.39, 0.29) is 5.91 Å². The van der Waals surface area contributed by atoms with E-state index in [0.29, 0.717) is 22.7 Å². The van der Waals surface area contributed by atoms with Crippen LogP contribution in [0, 0.1) is 13.8 Å². The molecule has 20 heavy (non-hydrogen) atoms. The third kappa shape index (κ3) is 2.59. The van der Waals surface area contributed by atoms with Gasteiger partial charge in [0.05, 0.1) is 36.9 Å². The third-order valence-corrected chi connectivity index (χ3v) is 3.02. The second-order valence-corrected chi connectivity index (χ2v) is 4.33. The van der Waals surface area contributed by atoms with Gasteiger partial charge in [0.1, 0.15) is 11.5 Å². The second-order valence-electron chi connectivity index (χ2n) is 4.33. The standard InChI is InChI=1S/C14H17N3O3/c1-8-13(9(2)17-16-8)15-14(18)11-7-10(19-3)5-6-12(11)20-4/h5-7H,1-4H3,(H,15,18)(H,16,17). The van der Waals surface area contributed by atoms with Crippen LogP contribution in [-0.4, -0.2) is 30.3 Å². The minimum atomic E-state index is -0.270. The number of amides is 1. The minimum Gasteiger partial charge on any atom is -0.497 e. The predicted octanol–water partition coefficient (Wildman–Crippen LogP) is 2.30. The maximum absolute atomic E-state index is 12.4. The van der Waals surface area contributed by atoms with Gasteiger partial charge in [-0.3, -0.25) is 9.89 Å². The van der Waals surface area contributed by atoms with Crippen molar-refractivity contribution >= 4 is 11.6 Å². The number of carbonyl (C=O) groups is 1. The largest absolute Gasteiger partial charge is 0.497 e. The van der Waals surface area contributed by atoms with Crippen LogP contribution in [0.4, 0.5) is 5.69 Å². The molecule has 1 amide bonds. The van der Waals surface area contributed by atoms with E-state index in [9.17, 15) is 4.79 Å². The van der Waals surface area contributed by atoms with Crippen molar-refractivity contribution in [2.75, 3.05) is 19.5 Å². The van der Waals surface area contributed by atoms with E-state index < -0.39 is 0 Å². The molecule has 6 nitrogen and oxygen atoms in total. The number of ether oxygens (including phenoxy) is 2. The van der Waals surface area contributed by atoms with Gasteiger partial charge in [-0.25, -0.2) is 0 Å². The molecule has 106 valence electrons. The maximum Gasteiger partial charge on any atom is 0.259 e. The molecule has 2 N–H and O–H groups in total. The molecule has 0 fully saturated rings. The highest BCUT2D eigenvalue weighted by molar-refractivity contribution is 6.07. The van der Waals surface area contributed by atoms with Crippen LogP contribution in [0.1, 0.15) is 21.7 Å². The summed E-state index contributed by atoms with van der Waals surface area (Å²) in [6, 6.07) is 5.08. The van der Waals surface area contributed by atoms with E-state index in [1.54, 1.807) is 25.3 Å². The molecule has 0 aliphatic heterocycles. The van der Waals surface area contributed by atoms with Crippen molar-refractivity contribution in [2.24, 2.45) is 0 Å². The molecule has 1 aromatic heterocycles. The van der Waals surface area contributed by atoms with Crippen molar-refractivity contribution in [3.05, 3.63) is 35.2 Å². The normalized spacial score (nSPS) is 10.2. The Balaban J connectivity index is 2.33. The lowest BCUT2D eigenvalue weighted by Gasteiger charge is -2.11. The van der Waals surface area contributed by atoms with Crippen LogP contribution in [0.25, 0.3) is 0 Å². The molecule has 2 rings (SSSR count). The first-order chi connectivity index (χ1) is 9.56. The molecule has 1 aromatic carbocycles. The van der Waals surface area contributed by atoms with Crippen LogP contribution in [0.5, 0.6) is 11.5 Å². The lowest BCUT2D eigenvalue weighted by Crippen LogP contribution is -2.14. The molecule has 0 bridgehead atoms. The Kier molecular flexibility index (Phi) is 3.93. The van der Waals surface area contributed by atoms with Crippen LogP contribution in [-0.2, 0) is 0 Å². The number of H-pyrrole nitrogens is 1. The van der Waals surface area contributed by atoms with E-state index in [1.807, 2.05) is 13.8 Å². The summed E-state index contributed by atoms with van der Waals surface area (Å²) in [4.78, 5) is 12.4. The molecule has 0 unspecified atom stereocenters. The number of benzene rings is 1. The highest BCUT2D eigenvalue weighted by atomic mass is 16.5. The Hall–Kier alpha value is -2.50. The average molecular weight is 275 g/mol. The van der Waals surface area contributed by atoms with Gasteiger partial charge in [0.25, 0.3) is 5.91 Å². The van der Waals surface area contributed by atoms with E-state index in [4.69, 9.17) is 9.47 Å². The molecule has 0 saturated heterocycles. The monoisotopic (exact) mass is 275 g/mol. The molecule has 0 spiro atoms. The summed E-state index contributed by atoms with van der Waals surface area (Å²) in [5, 5.41) is 9.70. The molecular weight excluding hydrogens is 258 g/mol. The predicted molar refractivity (Wildman–Crippen MR) is 75.6 cm³/mol. The van der Waals surface area contributed by atoms with Gasteiger partial charge >= 0.3 is 0 Å². The Labute approximate surface area is 117 Å². The van der Waals surface area contributed by atoms with Crippen molar-refractivity contribution in [1.29, 1.82) is 0 Å². The Morgan fingerprint density at radius 1 is 1.25 bits per heavy atom. The number of aryl methyl sites for hydroxylation is 2. The van der Waals surface area contributed by atoms with Crippen LogP contribution in [0.15, 0.2) is 18.2 Å². The summed E-state index contributed by atoms with van der Waals surface area (Å²) in [6.07, 6.45) is 0. The molecule has 0 aliphatic rings. The van der Waals surface area contributed by atoms with Gasteiger partial charge in [-0.05, 0) is 32.0 Å². The first-order valence-electron chi connectivity index (χ1n) is 6.11. The van der Waals surface area contributed by atoms with Crippen molar-refractivity contribution in [1.82, 2.24) is 10.2 Å². The Morgan fingerprint density at radius 2 is 2.00 bits per heavy atom. The van der Waals surface area contributed by atoms with E-state index in [2.05, 4.69) is 15.5 Å². The number of aromatic amines is 1. The molecule has 0 radical (unpaired) electrons. The highest BCUT2D eigenvalue weighted by Crippen LogP contribution is 2.26. The second kappa shape index (κ2) is 5.64. The number of aromatic nitrogens is 2. The average Bonchev–Trinajstić information content (AvgIpc) is 2.78. The van der Waals surface area contributed by atoms with Gasteiger partial charge in [-0.1, -0.05) is 0 Å². The van der Waals surface area contributed by atoms with Crippen molar-refractivity contribution in [3.8, 4) is 11.5 Å². The quantitative estimate of drug-likeness (QED) is 0.897. The lowest BCUT2D eigenvalue weighted by atomic mass is 10.1. The summed E-state index contributed by atoms with van der Waals surface area (Å²) in [5.41, 5.74) is 2.63. The Morgan fingerprint density at radius 3 is 2.55 bits per heavy atom. The van der Waals surface area contributed by atoms with Crippen LogP contribution in [0.3, 0.4) is 0 Å². The minimum absolute atomic E-state index is 0.270. The first-order valence-corrected chi connectivity index (χ1v) is 6.11. The molecule has 0 atom stereocenters. The lowest BCUT2D eigenvalue weighted by molar-refractivity contribution is 0.102. The summed E-state index contributed by atoms with van der Waals surface area (Å²) in [5.74, 6) is 0.812. The van der Waals surface area contributed by atoms with E-state index >= 15 is 0 Å². The zero-order chi connectivity index (χ0) is 14.7. The van der Waals surface area contributed by atoms with Crippen molar-refractivity contribution in [3.63, 3.8) is 0 Å². The van der Waals surface area contributed by atoms with Crippen molar-refractivity contribution < 1.29 is 14.3 Å². The van der Waals surface area contributed by atoms with Gasteiger partial charge < -0.3 is 14.8 Å². The number of hydrogen-bond acceptors (Lipinski definition) is 4. The topological polar surface area (TPSA) is 76.2 Å². The van der Waals surface area contributed by atoms with Gasteiger partial charge in [-0.15, -0.1) is 0 Å². The summed E-state index contributed by atoms with van der Waals surface area (Å²) >= 11 is 0. The van der Waals surface area contributed by atoms with Crippen LogP contribution >= 0.6 is 0 Å². The van der Waals surface area contributed by atoms with Gasteiger partial charge in [0, 0.05) is 0 Å². The fraction of sp³-hybridized carbons (Fsp3) is 0.286. The number of nitrogens with zero attached hydrogens (tertiary/aromatic N) is 1. The molecule has 1 heterocycles. The van der Waals surface area contributed by atoms with E-state index in [0.717, 1.165) is 11.4 Å². The SMILES string of the molecule is COc1ccc(OC)c(C(=O)Nc2c(C)n[nH]c2C)c1. The van der Waals surface area contributed by atoms with Gasteiger partial charge in [0.2, 0.25) is 0 Å². The van der Waals surface area contributed by atoms with Crippen LogP contribution in [0.2, 0.25) is 0 Å². The van der Waals surface area contributed by atoms with Gasteiger partial charge in [-0.2, -0.15) is 5.10 Å². The summed E-state index contributed by atoms with van der Waals surface area (Å²) in [6.45, 7) is 3.67. The molecule has 0 saturated carbocycles. The first kappa shape index (κ1) is 13.9. The van der Waals surface area contributed by atoms with Crippen molar-refractivity contribution in [2.45, 2.75) is 13.8 Å². The number of rotatable bonds is 4. The van der Waals surface area contributed by atoms with Gasteiger partial charge in [0.15, 0.2) is 0 Å². The third-order valence-electron chi connectivity index (χ3n) is 3.02. The number of hydrogen-bond donors (Lipinski definition) is 2. The number of carbonyl (C=O) groups excluding carboxylic acids is 1. The maximum atomic E-state index is 12.4. The Bertz CT molecular complexity index is 615. The van der Waals surface area contributed by atoms with Crippen LogP contribution < -0.4 is 14.8 Å².